The molecule has 3 aromatic rings. The minimum atomic E-state index is -0.788. The van der Waals surface area contributed by atoms with Crippen LogP contribution >= 0.6 is 15.9 Å². The van der Waals surface area contributed by atoms with Gasteiger partial charge in [0.25, 0.3) is 0 Å². The Morgan fingerprint density at radius 1 is 0.896 bits per heavy atom. The zero-order valence-corrected chi connectivity index (χ0v) is 28.0. The molecule has 0 spiro atoms. The maximum atomic E-state index is 14.2. The van der Waals surface area contributed by atoms with E-state index < -0.39 is 23.7 Å². The number of phenolic OH excluding ortho intramolecular Hbond substituents is 1. The van der Waals surface area contributed by atoms with Crippen LogP contribution in [-0.4, -0.2) is 49.7 Å². The molecule has 11 heteroatoms. The molecule has 242 valence electrons. The molecule has 4 atom stereocenters. The number of allylic oxidation sites excluding steroid dienone is 6. The van der Waals surface area contributed by atoms with Gasteiger partial charge in [0.2, 0.25) is 11.8 Å². The van der Waals surface area contributed by atoms with Crippen LogP contribution in [0.2, 0.25) is 0 Å². The number of anilines is 2. The van der Waals surface area contributed by atoms with E-state index in [4.69, 9.17) is 4.74 Å². The molecule has 1 aliphatic heterocycles. The quantitative estimate of drug-likeness (QED) is 0.129. The first kappa shape index (κ1) is 31.4. The Morgan fingerprint density at radius 3 is 2.21 bits per heavy atom. The molecule has 7 rings (SSSR count). The molecule has 0 saturated carbocycles. The minimum absolute atomic E-state index is 0.0662. The SMILES string of the molecule is COc1ccc(O)c(C2C3=CCC4C(=O)N(c5ccc(N=Nc6ccc(N(C)C)cc6)cc5)C(=O)C4C3CC3=C2C(=O)C=C(Br)C3=O)c1. The topological polar surface area (TPSA) is 129 Å². The summed E-state index contributed by atoms with van der Waals surface area (Å²) in [6, 6.07) is 19.1. The number of carbonyl (C=O) groups excluding carboxylic acids is 4. The molecular formula is C37H31BrN4O6. The molecular weight excluding hydrogens is 676 g/mol. The minimum Gasteiger partial charge on any atom is -0.508 e. The van der Waals surface area contributed by atoms with Crippen molar-refractivity contribution in [2.75, 3.05) is 31.0 Å². The van der Waals surface area contributed by atoms with Crippen molar-refractivity contribution >= 4 is 62.1 Å². The molecule has 4 aliphatic rings. The number of nitrogens with zero attached hydrogens (tertiary/aromatic N) is 4. The van der Waals surface area contributed by atoms with Crippen molar-refractivity contribution < 1.29 is 29.0 Å². The van der Waals surface area contributed by atoms with Crippen molar-refractivity contribution in [3.8, 4) is 11.5 Å². The first-order valence-electron chi connectivity index (χ1n) is 15.5. The summed E-state index contributed by atoms with van der Waals surface area (Å²) >= 11 is 3.24. The van der Waals surface area contributed by atoms with Gasteiger partial charge in [0.05, 0.1) is 40.5 Å². The molecule has 0 bridgehead atoms. The number of phenols is 1. The van der Waals surface area contributed by atoms with Gasteiger partial charge in [-0.3, -0.25) is 24.1 Å². The number of benzene rings is 3. The highest BCUT2D eigenvalue weighted by molar-refractivity contribution is 9.12. The van der Waals surface area contributed by atoms with Gasteiger partial charge in [-0.05, 0) is 101 Å². The second-order valence-electron chi connectivity index (χ2n) is 12.5. The summed E-state index contributed by atoms with van der Waals surface area (Å²) in [5, 5.41) is 19.6. The molecule has 1 N–H and O–H groups in total. The second kappa shape index (κ2) is 12.1. The Balaban J connectivity index is 1.21. The third kappa shape index (κ3) is 5.18. The summed E-state index contributed by atoms with van der Waals surface area (Å²) in [4.78, 5) is 58.3. The zero-order chi connectivity index (χ0) is 33.9. The molecule has 1 saturated heterocycles. The maximum absolute atomic E-state index is 14.2. The van der Waals surface area contributed by atoms with E-state index in [1.54, 1.807) is 36.4 Å². The van der Waals surface area contributed by atoms with Gasteiger partial charge >= 0.3 is 0 Å². The Hall–Kier alpha value is -5.16. The van der Waals surface area contributed by atoms with Gasteiger partial charge < -0.3 is 14.7 Å². The molecule has 48 heavy (non-hydrogen) atoms. The zero-order valence-electron chi connectivity index (χ0n) is 26.4. The number of rotatable bonds is 6. The predicted octanol–water partition coefficient (Wildman–Crippen LogP) is 6.85. The normalized spacial score (nSPS) is 23.5. The molecule has 10 nitrogen and oxygen atoms in total. The van der Waals surface area contributed by atoms with Crippen molar-refractivity contribution in [2.45, 2.75) is 18.8 Å². The molecule has 1 fully saturated rings. The first-order chi connectivity index (χ1) is 23.1. The fraction of sp³-hybridized carbons (Fsp3) is 0.243. The van der Waals surface area contributed by atoms with Gasteiger partial charge in [-0.15, -0.1) is 0 Å². The Bertz CT molecular complexity index is 2010. The summed E-state index contributed by atoms with van der Waals surface area (Å²) < 4.78 is 5.56. The molecule has 3 aliphatic carbocycles. The highest BCUT2D eigenvalue weighted by Gasteiger charge is 2.57. The lowest BCUT2D eigenvalue weighted by Gasteiger charge is -2.42. The third-order valence-corrected chi connectivity index (χ3v) is 10.2. The number of azo groups is 1. The largest absolute Gasteiger partial charge is 0.508 e. The molecule has 0 aromatic heterocycles. The summed E-state index contributed by atoms with van der Waals surface area (Å²) in [6.07, 6.45) is 3.57. The Labute approximate surface area is 285 Å². The van der Waals surface area contributed by atoms with Crippen LogP contribution in [0.1, 0.15) is 24.3 Å². The average Bonchev–Trinajstić information content (AvgIpc) is 3.35. The fourth-order valence-electron chi connectivity index (χ4n) is 7.31. The van der Waals surface area contributed by atoms with Crippen LogP contribution in [0.3, 0.4) is 0 Å². The van der Waals surface area contributed by atoms with Crippen molar-refractivity contribution in [2.24, 2.45) is 28.0 Å². The number of imide groups is 1. The van der Waals surface area contributed by atoms with Gasteiger partial charge in [-0.2, -0.15) is 10.2 Å². The van der Waals surface area contributed by atoms with E-state index in [1.807, 2.05) is 49.3 Å². The van der Waals surface area contributed by atoms with Gasteiger partial charge in [0.15, 0.2) is 11.6 Å². The lowest BCUT2D eigenvalue weighted by molar-refractivity contribution is -0.123. The number of ketones is 2. The van der Waals surface area contributed by atoms with E-state index >= 15 is 0 Å². The molecule has 3 aromatic carbocycles. The number of hydrogen-bond donors (Lipinski definition) is 1. The van der Waals surface area contributed by atoms with Crippen molar-refractivity contribution in [3.63, 3.8) is 0 Å². The van der Waals surface area contributed by atoms with Crippen LogP contribution in [0.25, 0.3) is 0 Å². The molecule has 4 unspecified atom stereocenters. The number of halogens is 1. The average molecular weight is 708 g/mol. The summed E-state index contributed by atoms with van der Waals surface area (Å²) in [7, 11) is 5.42. The number of fused-ring (bicyclic) bond motifs is 3. The lowest BCUT2D eigenvalue weighted by Crippen LogP contribution is -2.39. The Morgan fingerprint density at radius 2 is 1.56 bits per heavy atom. The predicted molar refractivity (Wildman–Crippen MR) is 183 cm³/mol. The van der Waals surface area contributed by atoms with Gasteiger partial charge in [0, 0.05) is 48.5 Å². The van der Waals surface area contributed by atoms with Crippen molar-refractivity contribution in [3.05, 3.63) is 106 Å². The van der Waals surface area contributed by atoms with E-state index in [9.17, 15) is 24.3 Å². The van der Waals surface area contributed by atoms with Gasteiger partial charge in [-0.25, -0.2) is 0 Å². The standard InChI is InChI=1S/C37H31BrN4O6/c1-41(2)21-8-4-19(5-9-21)39-40-20-6-10-22(11-7-20)42-36(46)25-14-13-24-26(33(25)37(42)47)17-28-34(31(44)18-29(38)35(28)45)32(24)27-16-23(48-3)12-15-30(27)43/h4-13,15-16,18,25-26,32-33,43H,14,17H2,1-3H3. The number of amides is 2. The van der Waals surface area contributed by atoms with Gasteiger partial charge in [0.1, 0.15) is 11.5 Å². The fourth-order valence-corrected chi connectivity index (χ4v) is 7.76. The molecule has 0 radical (unpaired) electrons. The van der Waals surface area contributed by atoms with E-state index in [2.05, 4.69) is 26.2 Å². The van der Waals surface area contributed by atoms with Crippen LogP contribution < -0.4 is 14.5 Å². The van der Waals surface area contributed by atoms with E-state index in [-0.39, 0.29) is 57.6 Å². The first-order valence-corrected chi connectivity index (χ1v) is 16.3. The highest BCUT2D eigenvalue weighted by atomic mass is 79.9. The Kier molecular flexibility index (Phi) is 7.95. The van der Waals surface area contributed by atoms with Gasteiger partial charge in [-0.1, -0.05) is 11.6 Å². The van der Waals surface area contributed by atoms with E-state index in [0.717, 1.165) is 11.3 Å². The van der Waals surface area contributed by atoms with E-state index in [1.165, 1.54) is 24.2 Å². The monoisotopic (exact) mass is 706 g/mol. The second-order valence-corrected chi connectivity index (χ2v) is 13.3. The lowest BCUT2D eigenvalue weighted by atomic mass is 9.59. The number of methoxy groups -OCH3 is 1. The summed E-state index contributed by atoms with van der Waals surface area (Å²) in [5.41, 5.74) is 4.41. The smallest absolute Gasteiger partial charge is 0.238 e. The summed E-state index contributed by atoms with van der Waals surface area (Å²) in [6.45, 7) is 0. The number of Topliss-reactive ketones (excluding diaryl/α,β-unsaturated/α-hetero) is 1. The number of hydrogen-bond acceptors (Lipinski definition) is 9. The highest BCUT2D eigenvalue weighted by Crippen LogP contribution is 2.56. The van der Waals surface area contributed by atoms with Crippen LogP contribution in [-0.2, 0) is 19.2 Å². The number of aromatic hydroxyl groups is 1. The van der Waals surface area contributed by atoms with Crippen LogP contribution in [0.15, 0.2) is 110 Å². The van der Waals surface area contributed by atoms with Crippen LogP contribution in [0.4, 0.5) is 22.7 Å². The van der Waals surface area contributed by atoms with Crippen LogP contribution in [0, 0.1) is 17.8 Å². The van der Waals surface area contributed by atoms with Crippen molar-refractivity contribution in [1.82, 2.24) is 0 Å². The molecule has 1 heterocycles. The third-order valence-electron chi connectivity index (χ3n) is 9.63. The summed E-state index contributed by atoms with van der Waals surface area (Å²) in [5.74, 6) is -3.68. The van der Waals surface area contributed by atoms with Crippen molar-refractivity contribution in [1.29, 1.82) is 0 Å². The number of ether oxygens (including phenoxy) is 1. The maximum Gasteiger partial charge on any atom is 0.238 e. The number of carbonyl (C=O) groups is 4. The van der Waals surface area contributed by atoms with Crippen LogP contribution in [0.5, 0.6) is 11.5 Å². The van der Waals surface area contributed by atoms with E-state index in [0.29, 0.717) is 28.4 Å². The molecule has 2 amide bonds.